The van der Waals surface area contributed by atoms with E-state index in [9.17, 15) is 14.4 Å². The van der Waals surface area contributed by atoms with E-state index in [2.05, 4.69) is 0 Å². The predicted molar refractivity (Wildman–Crippen MR) is 80.6 cm³/mol. The van der Waals surface area contributed by atoms with Crippen LogP contribution < -0.4 is 17.0 Å². The second-order valence-corrected chi connectivity index (χ2v) is 5.74. The average Bonchev–Trinajstić information content (AvgIpc) is 2.97. The molecular formula is C14H22N4O3. The first-order chi connectivity index (χ1) is 9.84. The number of Topliss-reactive ketones (excluding diaryl/α,β-unsaturated/α-hetero) is 1. The van der Waals surface area contributed by atoms with Gasteiger partial charge in [-0.05, 0) is 19.9 Å². The molecule has 7 nitrogen and oxygen atoms in total. The van der Waals surface area contributed by atoms with Gasteiger partial charge in [-0.25, -0.2) is 4.79 Å². The molecule has 0 saturated heterocycles. The van der Waals surface area contributed by atoms with Crippen LogP contribution in [0.25, 0.3) is 0 Å². The third-order valence-electron chi connectivity index (χ3n) is 4.33. The van der Waals surface area contributed by atoms with Crippen LogP contribution in [0.3, 0.4) is 0 Å². The van der Waals surface area contributed by atoms with Crippen molar-refractivity contribution in [3.8, 4) is 0 Å². The van der Waals surface area contributed by atoms with Crippen molar-refractivity contribution in [2.75, 3.05) is 19.3 Å². The van der Waals surface area contributed by atoms with Crippen LogP contribution in [0.5, 0.6) is 0 Å². The molecule has 1 aliphatic carbocycles. The van der Waals surface area contributed by atoms with Gasteiger partial charge in [-0.1, -0.05) is 12.8 Å². The van der Waals surface area contributed by atoms with Crippen LogP contribution in [-0.2, 0) is 14.1 Å². The van der Waals surface area contributed by atoms with Crippen LogP contribution >= 0.6 is 0 Å². The highest BCUT2D eigenvalue weighted by molar-refractivity contribution is 6.01. The highest BCUT2D eigenvalue weighted by Gasteiger charge is 2.25. The van der Waals surface area contributed by atoms with E-state index in [1.54, 1.807) is 0 Å². The quantitative estimate of drug-likeness (QED) is 0.772. The summed E-state index contributed by atoms with van der Waals surface area (Å²) in [5.74, 6) is -0.397. The minimum atomic E-state index is -0.625. The van der Waals surface area contributed by atoms with Gasteiger partial charge >= 0.3 is 5.69 Å². The van der Waals surface area contributed by atoms with Crippen LogP contribution in [-0.4, -0.2) is 39.5 Å². The number of likely N-dealkylation sites (N-methyl/N-ethyl adjacent to an activating group) is 1. The Morgan fingerprint density at radius 2 is 1.81 bits per heavy atom. The number of nitrogens with two attached hydrogens (primary N) is 1. The zero-order valence-corrected chi connectivity index (χ0v) is 12.8. The van der Waals surface area contributed by atoms with Gasteiger partial charge in [0.05, 0.1) is 6.54 Å². The zero-order chi connectivity index (χ0) is 15.7. The van der Waals surface area contributed by atoms with E-state index in [1.807, 2.05) is 11.9 Å². The van der Waals surface area contributed by atoms with E-state index in [1.165, 1.54) is 26.9 Å². The summed E-state index contributed by atoms with van der Waals surface area (Å²) in [7, 11) is 4.69. The number of rotatable bonds is 4. The molecule has 0 bridgehead atoms. The molecule has 1 fully saturated rings. The number of hydrogen-bond acceptors (Lipinski definition) is 5. The monoisotopic (exact) mass is 294 g/mol. The lowest BCUT2D eigenvalue weighted by Gasteiger charge is -2.23. The van der Waals surface area contributed by atoms with Crippen LogP contribution in [0, 0.1) is 0 Å². The van der Waals surface area contributed by atoms with E-state index in [4.69, 9.17) is 5.73 Å². The Balaban J connectivity index is 2.31. The molecule has 116 valence electrons. The van der Waals surface area contributed by atoms with Gasteiger partial charge in [-0.3, -0.25) is 23.6 Å². The average molecular weight is 294 g/mol. The molecule has 0 aromatic carbocycles. The fraction of sp³-hybridized carbons (Fsp3) is 0.643. The molecule has 1 aromatic heterocycles. The summed E-state index contributed by atoms with van der Waals surface area (Å²) < 4.78 is 2.05. The van der Waals surface area contributed by atoms with Crippen molar-refractivity contribution >= 4 is 11.6 Å². The number of nitrogens with zero attached hydrogens (tertiary/aromatic N) is 3. The van der Waals surface area contributed by atoms with Crippen molar-refractivity contribution in [3.05, 3.63) is 26.4 Å². The number of carbonyl (C=O) groups is 1. The van der Waals surface area contributed by atoms with Gasteiger partial charge in [0.2, 0.25) is 0 Å². The Kier molecular flexibility index (Phi) is 4.32. The molecule has 1 aliphatic rings. The summed E-state index contributed by atoms with van der Waals surface area (Å²) in [4.78, 5) is 38.3. The Morgan fingerprint density at radius 3 is 2.38 bits per heavy atom. The molecular weight excluding hydrogens is 272 g/mol. The molecule has 1 heterocycles. The number of carbonyl (C=O) groups excluding carboxylic acids is 1. The molecule has 2 rings (SSSR count). The number of aromatic nitrogens is 2. The highest BCUT2D eigenvalue weighted by atomic mass is 16.2. The molecule has 7 heteroatoms. The van der Waals surface area contributed by atoms with Crippen LogP contribution in [0.1, 0.15) is 36.0 Å². The molecule has 1 saturated carbocycles. The van der Waals surface area contributed by atoms with E-state index in [0.717, 1.165) is 22.0 Å². The standard InChI is InChI=1S/C14H22N4O3/c1-16(9-6-4-5-7-9)8-10(19)11-12(15)17(2)14(21)18(3)13(11)20/h9H,4-8,15H2,1-3H3. The maximum absolute atomic E-state index is 12.4. The summed E-state index contributed by atoms with van der Waals surface area (Å²) in [5.41, 5.74) is 4.55. The molecule has 1 aromatic rings. The maximum Gasteiger partial charge on any atom is 0.332 e. The van der Waals surface area contributed by atoms with Gasteiger partial charge in [0, 0.05) is 20.1 Å². The van der Waals surface area contributed by atoms with Gasteiger partial charge < -0.3 is 5.73 Å². The third kappa shape index (κ3) is 2.78. The molecule has 0 radical (unpaired) electrons. The minimum absolute atomic E-state index is 0.0621. The lowest BCUT2D eigenvalue weighted by atomic mass is 10.1. The van der Waals surface area contributed by atoms with Crippen molar-refractivity contribution in [2.24, 2.45) is 14.1 Å². The Labute approximate surface area is 123 Å². The first kappa shape index (κ1) is 15.5. The smallest absolute Gasteiger partial charge is 0.332 e. The fourth-order valence-electron chi connectivity index (χ4n) is 2.90. The molecule has 2 N–H and O–H groups in total. The molecule has 21 heavy (non-hydrogen) atoms. The van der Waals surface area contributed by atoms with Crippen molar-refractivity contribution in [1.82, 2.24) is 14.0 Å². The summed E-state index contributed by atoms with van der Waals surface area (Å²) in [6.45, 7) is 0.141. The van der Waals surface area contributed by atoms with Crippen molar-refractivity contribution in [1.29, 1.82) is 0 Å². The second kappa shape index (κ2) is 5.85. The Morgan fingerprint density at radius 1 is 1.24 bits per heavy atom. The Hall–Kier alpha value is -1.89. The normalized spacial score (nSPS) is 15.8. The van der Waals surface area contributed by atoms with Crippen LogP contribution in [0.15, 0.2) is 9.59 Å². The van der Waals surface area contributed by atoms with Gasteiger partial charge in [0.1, 0.15) is 11.4 Å². The van der Waals surface area contributed by atoms with Gasteiger partial charge in [-0.2, -0.15) is 0 Å². The minimum Gasteiger partial charge on any atom is -0.384 e. The Bertz CT molecular complexity index is 668. The maximum atomic E-state index is 12.4. The largest absolute Gasteiger partial charge is 0.384 e. The number of anilines is 1. The summed E-state index contributed by atoms with van der Waals surface area (Å²) >= 11 is 0. The van der Waals surface area contributed by atoms with Crippen LogP contribution in [0.2, 0.25) is 0 Å². The van der Waals surface area contributed by atoms with Gasteiger partial charge in [0.25, 0.3) is 5.56 Å². The lowest BCUT2D eigenvalue weighted by molar-refractivity contribution is 0.0919. The molecule has 0 aliphatic heterocycles. The zero-order valence-electron chi connectivity index (χ0n) is 12.8. The van der Waals surface area contributed by atoms with Gasteiger partial charge in [-0.15, -0.1) is 0 Å². The highest BCUT2D eigenvalue weighted by Crippen LogP contribution is 2.22. The van der Waals surface area contributed by atoms with Crippen molar-refractivity contribution in [2.45, 2.75) is 31.7 Å². The van der Waals surface area contributed by atoms with Crippen LogP contribution in [0.4, 0.5) is 5.82 Å². The second-order valence-electron chi connectivity index (χ2n) is 5.74. The molecule has 0 spiro atoms. The van der Waals surface area contributed by atoms with Gasteiger partial charge in [0.15, 0.2) is 5.78 Å². The molecule has 0 unspecified atom stereocenters. The first-order valence-electron chi connectivity index (χ1n) is 7.13. The van der Waals surface area contributed by atoms with Crippen molar-refractivity contribution < 1.29 is 4.79 Å². The van der Waals surface area contributed by atoms with E-state index in [-0.39, 0.29) is 23.7 Å². The SMILES string of the molecule is CN(CC(=O)c1c(N)n(C)c(=O)n(C)c1=O)C1CCCC1. The molecule has 0 atom stereocenters. The third-order valence-corrected chi connectivity index (χ3v) is 4.33. The summed E-state index contributed by atoms with van der Waals surface area (Å²) in [6.07, 6.45) is 4.50. The number of nitrogen functional groups attached to an aromatic ring is 1. The van der Waals surface area contributed by atoms with E-state index >= 15 is 0 Å². The number of ketones is 1. The fourth-order valence-corrected chi connectivity index (χ4v) is 2.90. The van der Waals surface area contributed by atoms with Crippen molar-refractivity contribution in [3.63, 3.8) is 0 Å². The lowest BCUT2D eigenvalue weighted by Crippen LogP contribution is -2.43. The summed E-state index contributed by atoms with van der Waals surface area (Å²) in [5, 5.41) is 0. The topological polar surface area (TPSA) is 90.3 Å². The summed E-state index contributed by atoms with van der Waals surface area (Å²) in [6, 6.07) is 0.381. The van der Waals surface area contributed by atoms with E-state index in [0.29, 0.717) is 6.04 Å². The first-order valence-corrected chi connectivity index (χ1v) is 7.13. The van der Waals surface area contributed by atoms with E-state index < -0.39 is 11.2 Å². The number of hydrogen-bond donors (Lipinski definition) is 1. The molecule has 0 amide bonds. The predicted octanol–water partition coefficient (Wildman–Crippen LogP) is -0.277.